The summed E-state index contributed by atoms with van der Waals surface area (Å²) in [5, 5.41) is 8.66. The van der Waals surface area contributed by atoms with Crippen LogP contribution in [0.3, 0.4) is 0 Å². The van der Waals surface area contributed by atoms with Crippen LogP contribution in [0.15, 0.2) is 18.3 Å². The van der Waals surface area contributed by atoms with Gasteiger partial charge in [0.1, 0.15) is 5.75 Å². The third-order valence-electron chi connectivity index (χ3n) is 5.26. The van der Waals surface area contributed by atoms with Crippen LogP contribution in [0, 0.1) is 5.92 Å². The second kappa shape index (κ2) is 7.35. The number of rotatable bonds is 5. The second-order valence-corrected chi connectivity index (χ2v) is 7.06. The summed E-state index contributed by atoms with van der Waals surface area (Å²) < 4.78 is 7.25. The first kappa shape index (κ1) is 18.2. The molecule has 3 atom stereocenters. The van der Waals surface area contributed by atoms with Gasteiger partial charge in [-0.15, -0.1) is 0 Å². The summed E-state index contributed by atoms with van der Waals surface area (Å²) in [7, 11) is 1.51. The van der Waals surface area contributed by atoms with E-state index in [0.717, 1.165) is 30.2 Å². The minimum Gasteiger partial charge on any atom is -0.496 e. The Bertz CT molecular complexity index is 830. The van der Waals surface area contributed by atoms with Gasteiger partial charge in [-0.25, -0.2) is 0 Å². The van der Waals surface area contributed by atoms with Crippen molar-refractivity contribution in [3.8, 4) is 5.75 Å². The molecular formula is C19H26N4O3. The minimum absolute atomic E-state index is 0.108. The van der Waals surface area contributed by atoms with Gasteiger partial charge in [0.25, 0.3) is 5.91 Å². The van der Waals surface area contributed by atoms with Crippen molar-refractivity contribution < 1.29 is 14.3 Å². The topological polar surface area (TPSA) is 99.2 Å². The molecule has 2 amide bonds. The van der Waals surface area contributed by atoms with Gasteiger partial charge in [-0.05, 0) is 31.2 Å². The number of amides is 2. The van der Waals surface area contributed by atoms with Crippen LogP contribution in [0.2, 0.25) is 0 Å². The number of nitrogens with one attached hydrogen (secondary N) is 1. The number of benzene rings is 1. The molecule has 1 aromatic heterocycles. The number of hydrogen-bond acceptors (Lipinski definition) is 4. The molecule has 1 fully saturated rings. The van der Waals surface area contributed by atoms with Crippen molar-refractivity contribution in [1.82, 2.24) is 15.1 Å². The smallest absolute Gasteiger partial charge is 0.252 e. The lowest BCUT2D eigenvalue weighted by atomic mass is 9.82. The van der Waals surface area contributed by atoms with Crippen LogP contribution in [0.5, 0.6) is 5.75 Å². The van der Waals surface area contributed by atoms with Gasteiger partial charge in [0.2, 0.25) is 5.91 Å². The number of primary amides is 1. The summed E-state index contributed by atoms with van der Waals surface area (Å²) in [6, 6.07) is 3.99. The molecule has 1 aliphatic rings. The van der Waals surface area contributed by atoms with E-state index >= 15 is 0 Å². The predicted molar refractivity (Wildman–Crippen MR) is 99.1 cm³/mol. The Morgan fingerprint density at radius 3 is 2.77 bits per heavy atom. The molecule has 1 unspecified atom stereocenters. The van der Waals surface area contributed by atoms with E-state index in [1.165, 1.54) is 7.11 Å². The lowest BCUT2D eigenvalue weighted by Crippen LogP contribution is -2.40. The number of nitrogens with two attached hydrogens (primary N) is 1. The van der Waals surface area contributed by atoms with Crippen molar-refractivity contribution in [2.75, 3.05) is 7.11 Å². The van der Waals surface area contributed by atoms with Crippen LogP contribution in [0.4, 0.5) is 0 Å². The molecule has 7 heteroatoms. The van der Waals surface area contributed by atoms with E-state index in [9.17, 15) is 9.59 Å². The van der Waals surface area contributed by atoms with Gasteiger partial charge in [-0.1, -0.05) is 13.8 Å². The summed E-state index contributed by atoms with van der Waals surface area (Å²) in [5.41, 5.74) is 6.58. The van der Waals surface area contributed by atoms with Gasteiger partial charge in [-0.2, -0.15) is 5.10 Å². The first-order valence-corrected chi connectivity index (χ1v) is 9.09. The lowest BCUT2D eigenvalue weighted by molar-refractivity contribution is -0.121. The number of nitrogens with zero attached hydrogens (tertiary/aromatic N) is 2. The molecule has 0 bridgehead atoms. The molecule has 3 N–H and O–H groups in total. The van der Waals surface area contributed by atoms with E-state index in [0.29, 0.717) is 23.7 Å². The van der Waals surface area contributed by atoms with Gasteiger partial charge >= 0.3 is 0 Å². The highest BCUT2D eigenvalue weighted by Crippen LogP contribution is 2.35. The fourth-order valence-electron chi connectivity index (χ4n) is 3.84. The predicted octanol–water partition coefficient (Wildman–Crippen LogP) is 2.40. The molecule has 1 heterocycles. The standard InChI is InChI=1S/C19H26N4O3/c1-4-18(24)21-13-5-6-16(11(2)7-13)23-10-12-8-14(19(20)25)17(26-3)9-15(12)22-23/h8-11,13,16H,4-7H2,1-3H3,(H2,20,25)(H,21,24)/t11-,13?,16-/m0/s1. The average molecular weight is 358 g/mol. The quantitative estimate of drug-likeness (QED) is 0.857. The SMILES string of the molecule is CCC(=O)NC1CC[C@H](n2cc3cc(C(N)=O)c(OC)cc3n2)[C@@H](C)C1. The molecule has 1 saturated carbocycles. The average Bonchev–Trinajstić information content (AvgIpc) is 3.02. The third-order valence-corrected chi connectivity index (χ3v) is 5.26. The maximum atomic E-state index is 11.6. The van der Waals surface area contributed by atoms with Crippen molar-refractivity contribution in [2.45, 2.75) is 51.6 Å². The number of carbonyl (C=O) groups is 2. The first-order chi connectivity index (χ1) is 12.4. The van der Waals surface area contributed by atoms with E-state index < -0.39 is 5.91 Å². The maximum absolute atomic E-state index is 11.6. The number of aromatic nitrogens is 2. The van der Waals surface area contributed by atoms with Gasteiger partial charge in [0.15, 0.2) is 0 Å². The lowest BCUT2D eigenvalue weighted by Gasteiger charge is -2.34. The van der Waals surface area contributed by atoms with Crippen molar-refractivity contribution in [3.05, 3.63) is 23.9 Å². The molecule has 2 aromatic rings. The molecule has 1 aliphatic carbocycles. The van der Waals surface area contributed by atoms with Crippen LogP contribution >= 0.6 is 0 Å². The molecule has 0 aliphatic heterocycles. The van der Waals surface area contributed by atoms with E-state index in [1.807, 2.05) is 17.8 Å². The highest BCUT2D eigenvalue weighted by molar-refractivity contribution is 6.00. The summed E-state index contributed by atoms with van der Waals surface area (Å²) in [5.74, 6) is 0.417. The Morgan fingerprint density at radius 1 is 1.38 bits per heavy atom. The van der Waals surface area contributed by atoms with Gasteiger partial charge < -0.3 is 15.8 Å². The van der Waals surface area contributed by atoms with Crippen molar-refractivity contribution in [3.63, 3.8) is 0 Å². The Hall–Kier alpha value is -2.57. The fourth-order valence-corrected chi connectivity index (χ4v) is 3.84. The summed E-state index contributed by atoms with van der Waals surface area (Å²) >= 11 is 0. The van der Waals surface area contributed by atoms with E-state index in [2.05, 4.69) is 12.2 Å². The highest BCUT2D eigenvalue weighted by atomic mass is 16.5. The number of carbonyl (C=O) groups excluding carboxylic acids is 2. The fraction of sp³-hybridized carbons (Fsp3) is 0.526. The summed E-state index contributed by atoms with van der Waals surface area (Å²) in [6.07, 6.45) is 5.30. The van der Waals surface area contributed by atoms with Crippen molar-refractivity contribution >= 4 is 22.7 Å². The van der Waals surface area contributed by atoms with Crippen molar-refractivity contribution in [2.24, 2.45) is 11.7 Å². The van der Waals surface area contributed by atoms with Gasteiger partial charge in [-0.3, -0.25) is 14.3 Å². The molecule has 26 heavy (non-hydrogen) atoms. The third kappa shape index (κ3) is 3.52. The molecule has 0 saturated heterocycles. The minimum atomic E-state index is -0.517. The second-order valence-electron chi connectivity index (χ2n) is 7.06. The molecule has 1 aromatic carbocycles. The molecule has 3 rings (SSSR count). The van der Waals surface area contributed by atoms with Gasteiger partial charge in [0, 0.05) is 30.1 Å². The Labute approximate surface area is 152 Å². The number of ether oxygens (including phenoxy) is 1. The maximum Gasteiger partial charge on any atom is 0.252 e. The number of methoxy groups -OCH3 is 1. The molecular weight excluding hydrogens is 332 g/mol. The highest BCUT2D eigenvalue weighted by Gasteiger charge is 2.30. The molecule has 140 valence electrons. The summed E-state index contributed by atoms with van der Waals surface area (Å²) in [6.45, 7) is 4.06. The van der Waals surface area contributed by atoms with Crippen LogP contribution < -0.4 is 15.8 Å². The zero-order valence-corrected chi connectivity index (χ0v) is 15.5. The zero-order valence-electron chi connectivity index (χ0n) is 15.5. The van der Waals surface area contributed by atoms with Crippen LogP contribution in [0.25, 0.3) is 10.9 Å². The first-order valence-electron chi connectivity index (χ1n) is 9.09. The number of hydrogen-bond donors (Lipinski definition) is 2. The number of fused-ring (bicyclic) bond motifs is 1. The Kier molecular flexibility index (Phi) is 5.15. The van der Waals surface area contributed by atoms with Crippen LogP contribution in [-0.4, -0.2) is 34.7 Å². The summed E-state index contributed by atoms with van der Waals surface area (Å²) in [4.78, 5) is 23.2. The Morgan fingerprint density at radius 2 is 2.15 bits per heavy atom. The van der Waals surface area contributed by atoms with Crippen LogP contribution in [-0.2, 0) is 4.79 Å². The van der Waals surface area contributed by atoms with E-state index in [4.69, 9.17) is 15.6 Å². The van der Waals surface area contributed by atoms with E-state index in [1.54, 1.807) is 12.1 Å². The Balaban J connectivity index is 1.82. The molecule has 7 nitrogen and oxygen atoms in total. The van der Waals surface area contributed by atoms with Gasteiger partial charge in [0.05, 0.1) is 24.2 Å². The van der Waals surface area contributed by atoms with Crippen LogP contribution in [0.1, 0.15) is 55.9 Å². The largest absolute Gasteiger partial charge is 0.496 e. The zero-order chi connectivity index (χ0) is 18.8. The molecule has 0 radical (unpaired) electrons. The van der Waals surface area contributed by atoms with Crippen molar-refractivity contribution in [1.29, 1.82) is 0 Å². The van der Waals surface area contributed by atoms with E-state index in [-0.39, 0.29) is 18.0 Å². The monoisotopic (exact) mass is 358 g/mol. The molecule has 0 spiro atoms. The normalized spacial score (nSPS) is 23.0.